The van der Waals surface area contributed by atoms with Gasteiger partial charge in [0.2, 0.25) is 6.79 Å². The van der Waals surface area contributed by atoms with E-state index >= 15 is 0 Å². The highest BCUT2D eigenvalue weighted by atomic mass is 16.7. The van der Waals surface area contributed by atoms with E-state index < -0.39 is 5.97 Å². The molecule has 0 aliphatic carbocycles. The van der Waals surface area contributed by atoms with Crippen LogP contribution < -0.4 is 15.2 Å². The second-order valence-corrected chi connectivity index (χ2v) is 8.47. The normalized spacial score (nSPS) is 12.5. The van der Waals surface area contributed by atoms with E-state index in [0.717, 1.165) is 30.3 Å². The number of carbonyl (C=O) groups excluding carboxylic acids is 1. The van der Waals surface area contributed by atoms with Crippen LogP contribution >= 0.6 is 0 Å². The zero-order valence-corrected chi connectivity index (χ0v) is 19.3. The molecule has 2 N–H and O–H groups in total. The first-order valence-corrected chi connectivity index (χ1v) is 11.8. The SMILES string of the molecule is CCCCCCCOC(=O)c1c(N)n(Cc2ccc3c(c2)OCO3)c2nc3ccccc3nc12. The molecule has 5 rings (SSSR count). The quantitative estimate of drug-likeness (QED) is 0.275. The number of benzene rings is 2. The lowest BCUT2D eigenvalue weighted by atomic mass is 10.2. The van der Waals surface area contributed by atoms with Crippen molar-refractivity contribution in [3.8, 4) is 11.5 Å². The van der Waals surface area contributed by atoms with E-state index in [-0.39, 0.29) is 12.4 Å². The Morgan fingerprint density at radius 1 is 1.03 bits per heavy atom. The first-order chi connectivity index (χ1) is 16.7. The highest BCUT2D eigenvalue weighted by Crippen LogP contribution is 2.34. The lowest BCUT2D eigenvalue weighted by molar-refractivity contribution is 0.0501. The summed E-state index contributed by atoms with van der Waals surface area (Å²) in [6.07, 6.45) is 5.37. The van der Waals surface area contributed by atoms with Gasteiger partial charge in [-0.05, 0) is 36.2 Å². The van der Waals surface area contributed by atoms with Crippen molar-refractivity contribution >= 4 is 34.0 Å². The number of fused-ring (bicyclic) bond motifs is 3. The predicted octanol–water partition coefficient (Wildman–Crippen LogP) is 5.07. The Balaban J connectivity index is 1.49. The first-order valence-electron chi connectivity index (χ1n) is 11.8. The largest absolute Gasteiger partial charge is 0.462 e. The van der Waals surface area contributed by atoms with Gasteiger partial charge in [-0.2, -0.15) is 0 Å². The Kier molecular flexibility index (Phi) is 6.20. The van der Waals surface area contributed by atoms with Crippen LogP contribution in [-0.4, -0.2) is 33.9 Å². The zero-order valence-electron chi connectivity index (χ0n) is 19.3. The van der Waals surface area contributed by atoms with Gasteiger partial charge in [0.15, 0.2) is 17.1 Å². The Morgan fingerprint density at radius 2 is 1.79 bits per heavy atom. The van der Waals surface area contributed by atoms with Gasteiger partial charge in [0.25, 0.3) is 0 Å². The maximum absolute atomic E-state index is 13.1. The summed E-state index contributed by atoms with van der Waals surface area (Å²) < 4.78 is 18.3. The summed E-state index contributed by atoms with van der Waals surface area (Å²) in [7, 11) is 0. The number of unbranched alkanes of at least 4 members (excludes halogenated alkanes) is 4. The van der Waals surface area contributed by atoms with Crippen molar-refractivity contribution < 1.29 is 19.0 Å². The molecule has 1 aliphatic heterocycles. The average molecular weight is 461 g/mol. The highest BCUT2D eigenvalue weighted by Gasteiger charge is 2.25. The molecule has 0 unspecified atom stereocenters. The minimum absolute atomic E-state index is 0.208. The summed E-state index contributed by atoms with van der Waals surface area (Å²) in [5.41, 5.74) is 10.2. The third-order valence-corrected chi connectivity index (χ3v) is 6.05. The van der Waals surface area contributed by atoms with Crippen molar-refractivity contribution in [2.45, 2.75) is 45.6 Å². The van der Waals surface area contributed by atoms with Crippen molar-refractivity contribution in [2.75, 3.05) is 19.1 Å². The van der Waals surface area contributed by atoms with Crippen LogP contribution in [0.1, 0.15) is 54.9 Å². The number of ether oxygens (including phenoxy) is 3. The number of hydrogen-bond donors (Lipinski definition) is 1. The molecule has 2 aromatic carbocycles. The summed E-state index contributed by atoms with van der Waals surface area (Å²) in [5, 5.41) is 0. The summed E-state index contributed by atoms with van der Waals surface area (Å²) >= 11 is 0. The van der Waals surface area contributed by atoms with Crippen LogP contribution in [-0.2, 0) is 11.3 Å². The van der Waals surface area contributed by atoms with Gasteiger partial charge in [0.1, 0.15) is 16.9 Å². The van der Waals surface area contributed by atoms with Gasteiger partial charge in [-0.1, -0.05) is 50.8 Å². The van der Waals surface area contributed by atoms with E-state index in [9.17, 15) is 4.79 Å². The standard InChI is InChI=1S/C26H28N4O4/c1-2-3-4-5-8-13-32-26(31)22-23-25(29-19-10-7-6-9-18(19)28-23)30(24(22)27)15-17-11-12-20-21(14-17)34-16-33-20/h6-7,9-12,14H,2-5,8,13,15-16,27H2,1H3. The molecular weight excluding hydrogens is 432 g/mol. The average Bonchev–Trinajstić information content (AvgIpc) is 3.42. The number of para-hydroxylation sites is 2. The van der Waals surface area contributed by atoms with E-state index in [0.29, 0.717) is 47.1 Å². The second-order valence-electron chi connectivity index (χ2n) is 8.47. The predicted molar refractivity (Wildman–Crippen MR) is 130 cm³/mol. The summed E-state index contributed by atoms with van der Waals surface area (Å²) in [6.45, 7) is 3.14. The Hall–Kier alpha value is -3.81. The molecule has 4 aromatic rings. The third-order valence-electron chi connectivity index (χ3n) is 6.05. The van der Waals surface area contributed by atoms with Crippen LogP contribution in [0, 0.1) is 0 Å². The van der Waals surface area contributed by atoms with E-state index in [4.69, 9.17) is 29.9 Å². The van der Waals surface area contributed by atoms with E-state index in [1.54, 1.807) is 0 Å². The molecule has 2 aromatic heterocycles. The maximum Gasteiger partial charge on any atom is 0.344 e. The molecule has 8 heteroatoms. The lowest BCUT2D eigenvalue weighted by Gasteiger charge is -2.09. The molecule has 0 saturated heterocycles. The fourth-order valence-corrected chi connectivity index (χ4v) is 4.24. The topological polar surface area (TPSA) is 101 Å². The Morgan fingerprint density at radius 3 is 2.62 bits per heavy atom. The number of nitrogens with two attached hydrogens (primary N) is 1. The van der Waals surface area contributed by atoms with E-state index in [1.807, 2.05) is 47.0 Å². The van der Waals surface area contributed by atoms with Crippen molar-refractivity contribution in [1.82, 2.24) is 14.5 Å². The lowest BCUT2D eigenvalue weighted by Crippen LogP contribution is -2.11. The minimum atomic E-state index is -0.466. The van der Waals surface area contributed by atoms with E-state index in [1.165, 1.54) is 12.8 Å². The fourth-order valence-electron chi connectivity index (χ4n) is 4.24. The molecule has 0 bridgehead atoms. The highest BCUT2D eigenvalue weighted by molar-refractivity contribution is 6.08. The Bertz CT molecular complexity index is 1350. The number of nitrogens with zero attached hydrogens (tertiary/aromatic N) is 3. The van der Waals surface area contributed by atoms with Crippen LogP contribution in [0.5, 0.6) is 11.5 Å². The van der Waals surface area contributed by atoms with Crippen molar-refractivity contribution in [3.63, 3.8) is 0 Å². The van der Waals surface area contributed by atoms with Crippen LogP contribution in [0.15, 0.2) is 42.5 Å². The van der Waals surface area contributed by atoms with Crippen molar-refractivity contribution in [2.24, 2.45) is 0 Å². The number of carbonyl (C=O) groups is 1. The van der Waals surface area contributed by atoms with Gasteiger partial charge < -0.3 is 24.5 Å². The molecule has 0 atom stereocenters. The summed E-state index contributed by atoms with van der Waals surface area (Å²) in [6, 6.07) is 13.3. The summed E-state index contributed by atoms with van der Waals surface area (Å²) in [4.78, 5) is 22.6. The second kappa shape index (κ2) is 9.59. The first kappa shape index (κ1) is 22.0. The molecule has 0 radical (unpaired) electrons. The van der Waals surface area contributed by atoms with Gasteiger partial charge in [0, 0.05) is 0 Å². The Labute approximate surface area is 197 Å². The minimum Gasteiger partial charge on any atom is -0.462 e. The van der Waals surface area contributed by atoms with Crippen LogP contribution in [0.3, 0.4) is 0 Å². The number of anilines is 1. The zero-order chi connectivity index (χ0) is 23.5. The van der Waals surface area contributed by atoms with Crippen molar-refractivity contribution in [1.29, 1.82) is 0 Å². The van der Waals surface area contributed by atoms with Crippen LogP contribution in [0.4, 0.5) is 5.82 Å². The van der Waals surface area contributed by atoms with Gasteiger partial charge >= 0.3 is 5.97 Å². The molecular formula is C26H28N4O4. The molecule has 0 spiro atoms. The molecule has 8 nitrogen and oxygen atoms in total. The smallest absolute Gasteiger partial charge is 0.344 e. The van der Waals surface area contributed by atoms with E-state index in [2.05, 4.69) is 6.92 Å². The number of esters is 1. The van der Waals surface area contributed by atoms with Crippen LogP contribution in [0.25, 0.3) is 22.2 Å². The summed E-state index contributed by atoms with van der Waals surface area (Å²) in [5.74, 6) is 1.22. The van der Waals surface area contributed by atoms with Gasteiger partial charge in [-0.25, -0.2) is 14.8 Å². The molecule has 34 heavy (non-hydrogen) atoms. The molecule has 0 amide bonds. The molecule has 0 fully saturated rings. The van der Waals surface area contributed by atoms with Gasteiger partial charge in [0.05, 0.1) is 24.2 Å². The molecule has 176 valence electrons. The number of hydrogen-bond acceptors (Lipinski definition) is 7. The molecule has 1 aliphatic rings. The number of nitrogen functional groups attached to an aromatic ring is 1. The maximum atomic E-state index is 13.1. The number of aromatic nitrogens is 3. The van der Waals surface area contributed by atoms with Gasteiger partial charge in [-0.3, -0.25) is 0 Å². The van der Waals surface area contributed by atoms with Crippen molar-refractivity contribution in [3.05, 3.63) is 53.6 Å². The fraction of sp³-hybridized carbons (Fsp3) is 0.346. The molecule has 0 saturated carbocycles. The van der Waals surface area contributed by atoms with Crippen LogP contribution in [0.2, 0.25) is 0 Å². The monoisotopic (exact) mass is 460 g/mol. The van der Waals surface area contributed by atoms with Gasteiger partial charge in [-0.15, -0.1) is 0 Å². The number of rotatable bonds is 9. The third kappa shape index (κ3) is 4.23. The molecule has 3 heterocycles.